The van der Waals surface area contributed by atoms with Crippen molar-refractivity contribution >= 4 is 9.84 Å². The Morgan fingerprint density at radius 1 is 1.20 bits per heavy atom. The lowest BCUT2D eigenvalue weighted by Gasteiger charge is -2.22. The van der Waals surface area contributed by atoms with E-state index < -0.39 is 9.84 Å². The van der Waals surface area contributed by atoms with Crippen LogP contribution >= 0.6 is 0 Å². The van der Waals surface area contributed by atoms with E-state index in [4.69, 9.17) is 0 Å². The van der Waals surface area contributed by atoms with Crippen LogP contribution < -0.4 is 0 Å². The second-order valence-corrected chi connectivity index (χ2v) is 9.16. The first-order chi connectivity index (χ1) is 9.52. The first-order valence-electron chi connectivity index (χ1n) is 8.45. The van der Waals surface area contributed by atoms with E-state index in [2.05, 4.69) is 18.7 Å². The Kier molecular flexibility index (Phi) is 5.91. The average Bonchev–Trinajstić information content (AvgIpc) is 3.00. The molecule has 3 unspecified atom stereocenters. The topological polar surface area (TPSA) is 37.4 Å². The summed E-state index contributed by atoms with van der Waals surface area (Å²) >= 11 is 0. The van der Waals surface area contributed by atoms with E-state index in [0.29, 0.717) is 23.3 Å². The molecular weight excluding hydrogens is 270 g/mol. The maximum absolute atomic E-state index is 11.5. The monoisotopic (exact) mass is 301 g/mol. The van der Waals surface area contributed by atoms with Gasteiger partial charge in [0.25, 0.3) is 0 Å². The molecule has 0 aromatic carbocycles. The van der Waals surface area contributed by atoms with E-state index >= 15 is 0 Å². The fourth-order valence-electron chi connectivity index (χ4n) is 3.83. The molecule has 2 fully saturated rings. The van der Waals surface area contributed by atoms with Crippen LogP contribution in [0.5, 0.6) is 0 Å². The lowest BCUT2D eigenvalue weighted by molar-refractivity contribution is 0.269. The number of rotatable bonds is 7. The van der Waals surface area contributed by atoms with Crippen LogP contribution in [-0.4, -0.2) is 44.5 Å². The van der Waals surface area contributed by atoms with Crippen molar-refractivity contribution < 1.29 is 8.42 Å². The molecule has 0 aromatic rings. The minimum absolute atomic E-state index is 0.429. The molecule has 0 N–H and O–H groups in total. The van der Waals surface area contributed by atoms with Crippen LogP contribution in [0, 0.1) is 17.8 Å². The van der Waals surface area contributed by atoms with Gasteiger partial charge in [-0.05, 0) is 56.5 Å². The van der Waals surface area contributed by atoms with Gasteiger partial charge in [0.2, 0.25) is 0 Å². The number of hydrogen-bond donors (Lipinski definition) is 0. The molecule has 2 aliphatic rings. The molecule has 3 atom stereocenters. The number of sulfone groups is 1. The van der Waals surface area contributed by atoms with E-state index in [-0.39, 0.29) is 0 Å². The largest absolute Gasteiger partial charge is 0.303 e. The summed E-state index contributed by atoms with van der Waals surface area (Å²) in [5.74, 6) is 2.94. The van der Waals surface area contributed by atoms with Gasteiger partial charge in [0, 0.05) is 6.54 Å². The molecule has 2 heterocycles. The normalized spacial score (nSPS) is 31.7. The van der Waals surface area contributed by atoms with E-state index in [1.54, 1.807) is 0 Å². The number of nitrogens with zero attached hydrogens (tertiary/aromatic N) is 1. The van der Waals surface area contributed by atoms with E-state index in [1.165, 1.54) is 45.3 Å². The third kappa shape index (κ3) is 4.73. The maximum atomic E-state index is 11.5. The maximum Gasteiger partial charge on any atom is 0.150 e. The minimum Gasteiger partial charge on any atom is -0.303 e. The van der Waals surface area contributed by atoms with Crippen molar-refractivity contribution in [1.29, 1.82) is 0 Å². The van der Waals surface area contributed by atoms with Crippen molar-refractivity contribution in [2.45, 2.75) is 52.4 Å². The highest BCUT2D eigenvalue weighted by atomic mass is 32.2. The summed E-state index contributed by atoms with van der Waals surface area (Å²) in [5, 5.41) is 0. The Morgan fingerprint density at radius 2 is 2.00 bits per heavy atom. The van der Waals surface area contributed by atoms with E-state index in [9.17, 15) is 8.42 Å². The zero-order valence-electron chi connectivity index (χ0n) is 13.2. The van der Waals surface area contributed by atoms with Gasteiger partial charge in [-0.15, -0.1) is 0 Å². The summed E-state index contributed by atoms with van der Waals surface area (Å²) < 4.78 is 23.1. The summed E-state index contributed by atoms with van der Waals surface area (Å²) in [6.07, 6.45) is 7.16. The minimum atomic E-state index is -2.70. The van der Waals surface area contributed by atoms with Gasteiger partial charge in [-0.25, -0.2) is 8.42 Å². The van der Waals surface area contributed by atoms with Crippen LogP contribution in [0.25, 0.3) is 0 Å². The van der Waals surface area contributed by atoms with Crippen molar-refractivity contribution in [3.63, 3.8) is 0 Å². The molecule has 0 aromatic heterocycles. The van der Waals surface area contributed by atoms with Gasteiger partial charge in [-0.3, -0.25) is 0 Å². The fourth-order valence-corrected chi connectivity index (χ4v) is 5.71. The van der Waals surface area contributed by atoms with Gasteiger partial charge in [-0.2, -0.15) is 0 Å². The van der Waals surface area contributed by atoms with Crippen molar-refractivity contribution in [3.05, 3.63) is 0 Å². The SMILES string of the molecule is CCC(CCN1CCC(CC)C1)CC1CCS(=O)(=O)C1. The zero-order chi connectivity index (χ0) is 14.6. The highest BCUT2D eigenvalue weighted by Crippen LogP contribution is 2.29. The van der Waals surface area contributed by atoms with Crippen LogP contribution in [0.1, 0.15) is 52.4 Å². The van der Waals surface area contributed by atoms with Crippen LogP contribution in [0.4, 0.5) is 0 Å². The van der Waals surface area contributed by atoms with Gasteiger partial charge in [0.15, 0.2) is 9.84 Å². The van der Waals surface area contributed by atoms with Gasteiger partial charge >= 0.3 is 0 Å². The quantitative estimate of drug-likeness (QED) is 0.725. The Morgan fingerprint density at radius 3 is 2.55 bits per heavy atom. The summed E-state index contributed by atoms with van der Waals surface area (Å²) in [6.45, 7) is 8.32. The van der Waals surface area contributed by atoms with Crippen molar-refractivity contribution in [2.75, 3.05) is 31.1 Å². The molecule has 0 spiro atoms. The summed E-state index contributed by atoms with van der Waals surface area (Å²) in [7, 11) is -2.70. The first-order valence-corrected chi connectivity index (χ1v) is 10.3. The van der Waals surface area contributed by atoms with Crippen LogP contribution in [0.15, 0.2) is 0 Å². The molecule has 118 valence electrons. The molecule has 0 bridgehead atoms. The molecule has 2 saturated heterocycles. The summed E-state index contributed by atoms with van der Waals surface area (Å²) in [5.41, 5.74) is 0. The molecule has 2 aliphatic heterocycles. The summed E-state index contributed by atoms with van der Waals surface area (Å²) in [4.78, 5) is 2.61. The highest BCUT2D eigenvalue weighted by Gasteiger charge is 2.29. The molecular formula is C16H31NO2S. The Balaban J connectivity index is 1.70. The van der Waals surface area contributed by atoms with Gasteiger partial charge in [-0.1, -0.05) is 26.7 Å². The summed E-state index contributed by atoms with van der Waals surface area (Å²) in [6, 6.07) is 0. The predicted octanol–water partition coefficient (Wildman–Crippen LogP) is 2.96. The first kappa shape index (κ1) is 16.3. The van der Waals surface area contributed by atoms with Crippen LogP contribution in [0.3, 0.4) is 0 Å². The van der Waals surface area contributed by atoms with Crippen molar-refractivity contribution in [1.82, 2.24) is 4.90 Å². The predicted molar refractivity (Wildman–Crippen MR) is 84.6 cm³/mol. The van der Waals surface area contributed by atoms with Gasteiger partial charge in [0.1, 0.15) is 0 Å². The third-order valence-corrected chi connectivity index (χ3v) is 7.21. The molecule has 2 rings (SSSR count). The highest BCUT2D eigenvalue weighted by molar-refractivity contribution is 7.91. The second-order valence-electron chi connectivity index (χ2n) is 6.93. The second kappa shape index (κ2) is 7.26. The zero-order valence-corrected chi connectivity index (χ0v) is 14.0. The number of likely N-dealkylation sites (tertiary alicyclic amines) is 1. The lowest BCUT2D eigenvalue weighted by Crippen LogP contribution is -2.24. The molecule has 0 aliphatic carbocycles. The van der Waals surface area contributed by atoms with E-state index in [0.717, 1.165) is 18.8 Å². The fraction of sp³-hybridized carbons (Fsp3) is 1.00. The lowest BCUT2D eigenvalue weighted by atomic mass is 9.89. The van der Waals surface area contributed by atoms with Gasteiger partial charge < -0.3 is 4.90 Å². The molecule has 0 amide bonds. The molecule has 4 heteroatoms. The molecule has 0 radical (unpaired) electrons. The standard InChI is InChI=1S/C16H31NO2S/c1-3-14(11-16-7-10-20(18,19)13-16)5-8-17-9-6-15(4-2)12-17/h14-16H,3-13H2,1-2H3. The van der Waals surface area contributed by atoms with Crippen LogP contribution in [0.2, 0.25) is 0 Å². The van der Waals surface area contributed by atoms with Crippen molar-refractivity contribution in [2.24, 2.45) is 17.8 Å². The Labute approximate surface area is 125 Å². The smallest absolute Gasteiger partial charge is 0.150 e. The average molecular weight is 301 g/mol. The Hall–Kier alpha value is -0.0900. The van der Waals surface area contributed by atoms with Gasteiger partial charge in [0.05, 0.1) is 11.5 Å². The third-order valence-electron chi connectivity index (χ3n) is 5.37. The molecule has 3 nitrogen and oxygen atoms in total. The Bertz CT molecular complexity index is 393. The van der Waals surface area contributed by atoms with Crippen LogP contribution in [-0.2, 0) is 9.84 Å². The molecule has 0 saturated carbocycles. The van der Waals surface area contributed by atoms with E-state index in [1.807, 2.05) is 0 Å². The van der Waals surface area contributed by atoms with Crippen molar-refractivity contribution in [3.8, 4) is 0 Å². The molecule has 20 heavy (non-hydrogen) atoms. The number of hydrogen-bond acceptors (Lipinski definition) is 3.